The lowest BCUT2D eigenvalue weighted by molar-refractivity contribution is -0.686. The fraction of sp³-hybridized carbons (Fsp3) is 0.250. The van der Waals surface area contributed by atoms with E-state index in [1.54, 1.807) is 26.4 Å². The molecule has 0 radical (unpaired) electrons. The van der Waals surface area contributed by atoms with Gasteiger partial charge in [-0.2, -0.15) is 4.57 Å². The van der Waals surface area contributed by atoms with E-state index >= 15 is 0 Å². The Kier molecular flexibility index (Phi) is 5.09. The summed E-state index contributed by atoms with van der Waals surface area (Å²) < 4.78 is 13.1. The highest BCUT2D eigenvalue weighted by Gasteiger charge is 2.26. The van der Waals surface area contributed by atoms with Gasteiger partial charge in [0.2, 0.25) is 5.69 Å². The summed E-state index contributed by atoms with van der Waals surface area (Å²) in [6, 6.07) is 9.23. The fourth-order valence-corrected chi connectivity index (χ4v) is 3.40. The first-order valence-corrected chi connectivity index (χ1v) is 8.89. The summed E-state index contributed by atoms with van der Waals surface area (Å²) in [5.74, 6) is 1.23. The van der Waals surface area contributed by atoms with E-state index in [0.29, 0.717) is 11.5 Å². The van der Waals surface area contributed by atoms with E-state index in [1.165, 1.54) is 6.38 Å². The summed E-state index contributed by atoms with van der Waals surface area (Å²) in [6.07, 6.45) is 4.32. The van der Waals surface area contributed by atoms with E-state index in [4.69, 9.17) is 9.47 Å². The topological polar surface area (TPSA) is 62.8 Å². The SMILES string of the molecule is CCl.COc1ccc2cc3[n+](cc2c1OC)CCc1cc(O)c(O)cc1-3. The third kappa shape index (κ3) is 2.88. The smallest absolute Gasteiger partial charge is 0.213 e. The second-order valence-corrected chi connectivity index (χ2v) is 5.90. The molecule has 26 heavy (non-hydrogen) atoms. The minimum Gasteiger partial charge on any atom is -0.504 e. The first-order chi connectivity index (χ1) is 12.6. The number of hydrogen-bond acceptors (Lipinski definition) is 4. The first-order valence-electron chi connectivity index (χ1n) is 8.13. The molecule has 0 fully saturated rings. The van der Waals surface area contributed by atoms with Gasteiger partial charge in [0.05, 0.1) is 25.2 Å². The van der Waals surface area contributed by atoms with Crippen LogP contribution in [0.15, 0.2) is 36.5 Å². The van der Waals surface area contributed by atoms with Gasteiger partial charge in [0, 0.05) is 18.9 Å². The van der Waals surface area contributed by atoms with Crippen molar-refractivity contribution in [1.29, 1.82) is 0 Å². The number of rotatable bonds is 2. The largest absolute Gasteiger partial charge is 0.504 e. The molecule has 0 amide bonds. The molecule has 136 valence electrons. The van der Waals surface area contributed by atoms with Gasteiger partial charge in [-0.15, -0.1) is 11.6 Å². The third-order valence-electron chi connectivity index (χ3n) is 4.60. The Balaban J connectivity index is 0.000000948. The molecule has 6 heteroatoms. The number of fused-ring (bicyclic) bond motifs is 4. The maximum atomic E-state index is 9.87. The van der Waals surface area contributed by atoms with Gasteiger partial charge in [0.15, 0.2) is 35.7 Å². The van der Waals surface area contributed by atoms with Crippen molar-refractivity contribution in [2.45, 2.75) is 13.0 Å². The Labute approximate surface area is 157 Å². The Hall–Kier alpha value is -2.66. The van der Waals surface area contributed by atoms with E-state index in [1.807, 2.05) is 12.1 Å². The lowest BCUT2D eigenvalue weighted by Crippen LogP contribution is -2.40. The molecule has 0 saturated carbocycles. The van der Waals surface area contributed by atoms with Gasteiger partial charge in [0.1, 0.15) is 0 Å². The van der Waals surface area contributed by atoms with Crippen LogP contribution < -0.4 is 14.0 Å². The second-order valence-electron chi connectivity index (χ2n) is 5.90. The lowest BCUT2D eigenvalue weighted by Gasteiger charge is -2.17. The Bertz CT molecular complexity index is 972. The molecule has 2 N–H and O–H groups in total. The van der Waals surface area contributed by atoms with Gasteiger partial charge < -0.3 is 19.7 Å². The van der Waals surface area contributed by atoms with Crippen molar-refractivity contribution < 1.29 is 24.3 Å². The molecule has 0 unspecified atom stereocenters. The molecule has 4 rings (SSSR count). The van der Waals surface area contributed by atoms with E-state index in [2.05, 4.69) is 28.4 Å². The number of phenolic OH excluding ortho intramolecular Hbond substituents is 2. The first kappa shape index (κ1) is 18.1. The van der Waals surface area contributed by atoms with Gasteiger partial charge in [0.25, 0.3) is 0 Å². The third-order valence-corrected chi connectivity index (χ3v) is 4.60. The number of pyridine rings is 1. The molecule has 1 aliphatic heterocycles. The van der Waals surface area contributed by atoms with Crippen molar-refractivity contribution >= 4 is 22.4 Å². The van der Waals surface area contributed by atoms with E-state index in [9.17, 15) is 10.2 Å². The predicted octanol–water partition coefficient (Wildman–Crippen LogP) is 3.63. The average molecular weight is 375 g/mol. The van der Waals surface area contributed by atoms with Gasteiger partial charge in [-0.3, -0.25) is 0 Å². The summed E-state index contributed by atoms with van der Waals surface area (Å²) in [5.41, 5.74) is 2.98. The van der Waals surface area contributed by atoms with Crippen LogP contribution in [0.2, 0.25) is 0 Å². The highest BCUT2D eigenvalue weighted by molar-refractivity contribution is 6.15. The number of aromatic hydroxyl groups is 2. The average Bonchev–Trinajstić information content (AvgIpc) is 2.68. The van der Waals surface area contributed by atoms with Crippen LogP contribution in [-0.2, 0) is 13.0 Å². The van der Waals surface area contributed by atoms with E-state index in [-0.39, 0.29) is 11.5 Å². The van der Waals surface area contributed by atoms with Crippen molar-refractivity contribution in [3.05, 3.63) is 42.1 Å². The Morgan fingerprint density at radius 3 is 2.42 bits per heavy atom. The van der Waals surface area contributed by atoms with Crippen LogP contribution in [0.5, 0.6) is 23.0 Å². The number of phenols is 2. The zero-order chi connectivity index (χ0) is 18.8. The molecule has 2 aromatic carbocycles. The van der Waals surface area contributed by atoms with Crippen molar-refractivity contribution in [1.82, 2.24) is 0 Å². The van der Waals surface area contributed by atoms with Gasteiger partial charge in [-0.05, 0) is 35.2 Å². The zero-order valence-electron chi connectivity index (χ0n) is 14.9. The summed E-state index contributed by atoms with van der Waals surface area (Å²) in [7, 11) is 3.26. The molecule has 0 saturated heterocycles. The number of benzene rings is 2. The molecule has 3 aromatic rings. The summed E-state index contributed by atoms with van der Waals surface area (Å²) >= 11 is 4.64. The van der Waals surface area contributed by atoms with Gasteiger partial charge in [-0.25, -0.2) is 0 Å². The number of aromatic nitrogens is 1. The van der Waals surface area contributed by atoms with E-state index < -0.39 is 0 Å². The summed E-state index contributed by atoms with van der Waals surface area (Å²) in [4.78, 5) is 0. The number of hydrogen-bond donors (Lipinski definition) is 2. The van der Waals surface area contributed by atoms with Crippen molar-refractivity contribution in [2.75, 3.05) is 20.6 Å². The number of ether oxygens (including phenoxy) is 2. The Morgan fingerprint density at radius 1 is 1.00 bits per heavy atom. The van der Waals surface area contributed by atoms with Crippen molar-refractivity contribution in [2.24, 2.45) is 0 Å². The predicted molar refractivity (Wildman–Crippen MR) is 101 cm³/mol. The van der Waals surface area contributed by atoms with Crippen LogP contribution in [0.3, 0.4) is 0 Å². The molecule has 1 aliphatic rings. The lowest BCUT2D eigenvalue weighted by atomic mass is 9.95. The van der Waals surface area contributed by atoms with Crippen molar-refractivity contribution in [3.63, 3.8) is 0 Å². The van der Waals surface area contributed by atoms with Gasteiger partial charge >= 0.3 is 0 Å². The molecule has 5 nitrogen and oxygen atoms in total. The number of halogens is 1. The van der Waals surface area contributed by atoms with Crippen molar-refractivity contribution in [3.8, 4) is 34.3 Å². The Morgan fingerprint density at radius 2 is 1.73 bits per heavy atom. The molecule has 2 heterocycles. The standard InChI is InChI=1S/C19H17NO4.CH3Cl/c1-23-18-4-3-11-7-15-13-9-17(22)16(21)8-12(13)5-6-20(15)10-14(11)19(18)24-2;1-2/h3-4,7-10,22H,5-6H2,1-2H3;1H3/p+1. The quantitative estimate of drug-likeness (QED) is 0.408. The zero-order valence-corrected chi connectivity index (χ0v) is 15.7. The van der Waals surface area contributed by atoms with Crippen LogP contribution >= 0.6 is 11.6 Å². The number of alkyl halides is 1. The minimum absolute atomic E-state index is 0.0746. The van der Waals surface area contributed by atoms with E-state index in [0.717, 1.165) is 40.6 Å². The second kappa shape index (κ2) is 7.30. The molecule has 0 spiro atoms. The summed E-state index contributed by atoms with van der Waals surface area (Å²) in [6.45, 7) is 0.794. The van der Waals surface area contributed by atoms with Crippen LogP contribution in [0.25, 0.3) is 22.0 Å². The van der Waals surface area contributed by atoms with Crippen LogP contribution in [0, 0.1) is 0 Å². The highest BCUT2D eigenvalue weighted by Crippen LogP contribution is 2.39. The maximum Gasteiger partial charge on any atom is 0.213 e. The molecular formula is C20H21ClNO4+. The molecule has 0 atom stereocenters. The molecule has 0 aliphatic carbocycles. The minimum atomic E-state index is -0.102. The molecule has 1 aromatic heterocycles. The number of methoxy groups -OCH3 is 2. The maximum absolute atomic E-state index is 9.87. The van der Waals surface area contributed by atoms with Crippen LogP contribution in [-0.4, -0.2) is 30.8 Å². The highest BCUT2D eigenvalue weighted by atomic mass is 35.5. The van der Waals surface area contributed by atoms with Gasteiger partial charge in [-0.1, -0.05) is 0 Å². The number of aryl methyl sites for hydroxylation is 2. The van der Waals surface area contributed by atoms with Crippen LogP contribution in [0.4, 0.5) is 0 Å². The molecule has 0 bridgehead atoms. The monoisotopic (exact) mass is 374 g/mol. The number of nitrogens with zero attached hydrogens (tertiary/aromatic N) is 1. The van der Waals surface area contributed by atoms with Crippen LogP contribution in [0.1, 0.15) is 5.56 Å². The normalized spacial score (nSPS) is 11.8. The molecular weight excluding hydrogens is 354 g/mol. The fourth-order valence-electron chi connectivity index (χ4n) is 3.40. The summed E-state index contributed by atoms with van der Waals surface area (Å²) in [5, 5.41) is 21.6.